The fraction of sp³-hybridized carbons (Fsp3) is 0.312. The van der Waals surface area contributed by atoms with E-state index in [1.54, 1.807) is 37.3 Å². The molecule has 0 saturated carbocycles. The maximum atomic E-state index is 14.8. The molecule has 0 N–H and O–H groups in total. The maximum absolute atomic E-state index is 14.8. The van der Waals surface area contributed by atoms with E-state index >= 15 is 0 Å². The van der Waals surface area contributed by atoms with Gasteiger partial charge in [0.2, 0.25) is 5.82 Å². The lowest BCUT2D eigenvalue weighted by molar-refractivity contribution is 0.314. The molecule has 0 fully saturated rings. The van der Waals surface area contributed by atoms with E-state index in [1.807, 2.05) is 6.07 Å². The summed E-state index contributed by atoms with van der Waals surface area (Å²) >= 11 is 0. The van der Waals surface area contributed by atoms with Crippen LogP contribution in [0.2, 0.25) is 0 Å². The predicted molar refractivity (Wildman–Crippen MR) is 140 cm³/mol. The standard InChI is InChI=1S/C32H31F3O/c1-3-5-6-22-7-9-23(10-8-22)11-12-26-17-18-27(21-29(26)33)24-13-15-25(16-14-24)28-19-20-30(36-4-2)32(35)31(28)34/h9,13-22H,3-8,10H2,1-2H3. The van der Waals surface area contributed by atoms with E-state index in [4.69, 9.17) is 4.74 Å². The van der Waals surface area contributed by atoms with E-state index in [9.17, 15) is 13.2 Å². The van der Waals surface area contributed by atoms with Crippen molar-refractivity contribution in [1.29, 1.82) is 0 Å². The number of hydrogen-bond donors (Lipinski definition) is 0. The third kappa shape index (κ3) is 6.02. The molecule has 1 nitrogen and oxygen atoms in total. The smallest absolute Gasteiger partial charge is 0.201 e. The zero-order chi connectivity index (χ0) is 25.5. The largest absolute Gasteiger partial charge is 0.491 e. The zero-order valence-electron chi connectivity index (χ0n) is 20.8. The summed E-state index contributed by atoms with van der Waals surface area (Å²) in [6.45, 7) is 4.18. The molecule has 1 atom stereocenters. The van der Waals surface area contributed by atoms with Crippen LogP contribution in [0.5, 0.6) is 5.75 Å². The Morgan fingerprint density at radius 1 is 0.861 bits per heavy atom. The molecule has 0 aliphatic heterocycles. The SMILES string of the molecule is CCCCC1CC=C(C#Cc2ccc(-c3ccc(-c4ccc(OCC)c(F)c4F)cc3)cc2F)CC1. The third-order valence-electron chi connectivity index (χ3n) is 6.69. The van der Waals surface area contributed by atoms with Gasteiger partial charge in [-0.1, -0.05) is 74.4 Å². The molecular weight excluding hydrogens is 457 g/mol. The molecule has 0 radical (unpaired) electrons. The first-order chi connectivity index (χ1) is 17.5. The summed E-state index contributed by atoms with van der Waals surface area (Å²) in [5.41, 5.74) is 3.61. The van der Waals surface area contributed by atoms with Crippen LogP contribution in [0.15, 0.2) is 66.2 Å². The Kier molecular flexibility index (Phi) is 8.54. The van der Waals surface area contributed by atoms with Crippen molar-refractivity contribution in [3.05, 3.63) is 89.3 Å². The minimum absolute atomic E-state index is 0.106. The van der Waals surface area contributed by atoms with Gasteiger partial charge in [-0.3, -0.25) is 0 Å². The van der Waals surface area contributed by atoms with E-state index in [2.05, 4.69) is 24.8 Å². The summed E-state index contributed by atoms with van der Waals surface area (Å²) in [5, 5.41) is 0. The molecule has 0 spiro atoms. The fourth-order valence-corrected chi connectivity index (χ4v) is 4.56. The Bertz CT molecular complexity index is 1300. The molecular formula is C32H31F3O. The van der Waals surface area contributed by atoms with E-state index < -0.39 is 11.6 Å². The summed E-state index contributed by atoms with van der Waals surface area (Å²) in [4.78, 5) is 0. The molecule has 3 aromatic rings. The maximum Gasteiger partial charge on any atom is 0.201 e. The van der Waals surface area contributed by atoms with Crippen LogP contribution in [0.25, 0.3) is 22.3 Å². The van der Waals surface area contributed by atoms with Crippen molar-refractivity contribution in [3.8, 4) is 39.8 Å². The van der Waals surface area contributed by atoms with Crippen LogP contribution < -0.4 is 4.74 Å². The van der Waals surface area contributed by atoms with E-state index in [0.717, 1.165) is 36.3 Å². The molecule has 4 rings (SSSR count). The first-order valence-electron chi connectivity index (χ1n) is 12.7. The molecule has 0 bridgehead atoms. The van der Waals surface area contributed by atoms with Gasteiger partial charge >= 0.3 is 0 Å². The number of ether oxygens (including phenoxy) is 1. The Labute approximate surface area is 212 Å². The van der Waals surface area contributed by atoms with Crippen LogP contribution in [0.4, 0.5) is 13.2 Å². The van der Waals surface area contributed by atoms with Crippen molar-refractivity contribution < 1.29 is 17.9 Å². The second-order valence-corrected chi connectivity index (χ2v) is 9.21. The average molecular weight is 489 g/mol. The van der Waals surface area contributed by atoms with Gasteiger partial charge in [-0.15, -0.1) is 0 Å². The van der Waals surface area contributed by atoms with Crippen LogP contribution in [0.1, 0.15) is 57.9 Å². The van der Waals surface area contributed by atoms with Gasteiger partial charge in [0.25, 0.3) is 0 Å². The zero-order valence-corrected chi connectivity index (χ0v) is 20.8. The number of unbranched alkanes of at least 4 members (excludes halogenated alkanes) is 1. The van der Waals surface area contributed by atoms with Crippen molar-refractivity contribution in [2.24, 2.45) is 5.92 Å². The molecule has 186 valence electrons. The second-order valence-electron chi connectivity index (χ2n) is 9.21. The topological polar surface area (TPSA) is 9.23 Å². The van der Waals surface area contributed by atoms with Gasteiger partial charge in [-0.2, -0.15) is 4.39 Å². The van der Waals surface area contributed by atoms with Gasteiger partial charge in [0.15, 0.2) is 11.6 Å². The van der Waals surface area contributed by atoms with Crippen molar-refractivity contribution in [3.63, 3.8) is 0 Å². The van der Waals surface area contributed by atoms with Crippen LogP contribution in [0, 0.1) is 35.2 Å². The highest BCUT2D eigenvalue weighted by atomic mass is 19.2. The monoisotopic (exact) mass is 488 g/mol. The molecule has 1 aliphatic rings. The fourth-order valence-electron chi connectivity index (χ4n) is 4.56. The number of hydrogen-bond acceptors (Lipinski definition) is 1. The molecule has 0 heterocycles. The van der Waals surface area contributed by atoms with Gasteiger partial charge in [-0.25, -0.2) is 8.78 Å². The predicted octanol–water partition coefficient (Wildman–Crippen LogP) is 9.10. The summed E-state index contributed by atoms with van der Waals surface area (Å²) < 4.78 is 48.7. The molecule has 0 amide bonds. The molecule has 4 heteroatoms. The Morgan fingerprint density at radius 3 is 2.28 bits per heavy atom. The van der Waals surface area contributed by atoms with Gasteiger partial charge in [-0.05, 0) is 78.6 Å². The van der Waals surface area contributed by atoms with Crippen molar-refractivity contribution in [1.82, 2.24) is 0 Å². The second kappa shape index (κ2) is 12.0. The van der Waals surface area contributed by atoms with Crippen molar-refractivity contribution >= 4 is 0 Å². The number of rotatable bonds is 7. The average Bonchev–Trinajstić information content (AvgIpc) is 2.90. The summed E-state index contributed by atoms with van der Waals surface area (Å²) in [7, 11) is 0. The van der Waals surface area contributed by atoms with Crippen molar-refractivity contribution in [2.45, 2.75) is 52.4 Å². The lowest BCUT2D eigenvalue weighted by Gasteiger charge is -2.19. The Balaban J connectivity index is 1.47. The first kappa shape index (κ1) is 25.6. The lowest BCUT2D eigenvalue weighted by atomic mass is 9.86. The molecule has 3 aromatic carbocycles. The summed E-state index contributed by atoms with van der Waals surface area (Å²) in [5.74, 6) is 4.47. The highest BCUT2D eigenvalue weighted by Gasteiger charge is 2.16. The van der Waals surface area contributed by atoms with E-state index in [1.165, 1.54) is 37.5 Å². The van der Waals surface area contributed by atoms with Gasteiger partial charge in [0, 0.05) is 5.56 Å². The molecule has 36 heavy (non-hydrogen) atoms. The third-order valence-corrected chi connectivity index (χ3v) is 6.69. The number of benzene rings is 3. The molecule has 0 aromatic heterocycles. The van der Waals surface area contributed by atoms with Gasteiger partial charge < -0.3 is 4.74 Å². The molecule has 1 aliphatic carbocycles. The number of halogens is 3. The molecule has 0 saturated heterocycles. The minimum Gasteiger partial charge on any atom is -0.491 e. The van der Waals surface area contributed by atoms with Gasteiger partial charge in [0.1, 0.15) is 5.82 Å². The van der Waals surface area contributed by atoms with Crippen LogP contribution >= 0.6 is 0 Å². The van der Waals surface area contributed by atoms with E-state index in [0.29, 0.717) is 16.7 Å². The highest BCUT2D eigenvalue weighted by Crippen LogP contribution is 2.32. The van der Waals surface area contributed by atoms with Crippen molar-refractivity contribution in [2.75, 3.05) is 6.61 Å². The number of allylic oxidation sites excluding steroid dienone is 2. The summed E-state index contributed by atoms with van der Waals surface area (Å²) in [6, 6.07) is 14.8. The minimum atomic E-state index is -1.00. The first-order valence-corrected chi connectivity index (χ1v) is 12.7. The highest BCUT2D eigenvalue weighted by molar-refractivity contribution is 5.71. The van der Waals surface area contributed by atoms with Crippen LogP contribution in [0.3, 0.4) is 0 Å². The quantitative estimate of drug-likeness (QED) is 0.301. The van der Waals surface area contributed by atoms with Crippen LogP contribution in [-0.4, -0.2) is 6.61 Å². The van der Waals surface area contributed by atoms with E-state index in [-0.39, 0.29) is 23.7 Å². The normalized spacial score (nSPS) is 15.1. The Morgan fingerprint density at radius 2 is 1.61 bits per heavy atom. The van der Waals surface area contributed by atoms with Gasteiger partial charge in [0.05, 0.1) is 12.2 Å². The molecule has 1 unspecified atom stereocenters. The lowest BCUT2D eigenvalue weighted by Crippen LogP contribution is -2.05. The summed E-state index contributed by atoms with van der Waals surface area (Å²) in [6.07, 6.45) is 9.18. The van der Waals surface area contributed by atoms with Crippen LogP contribution in [-0.2, 0) is 0 Å². The Hall–Kier alpha value is -3.45.